The highest BCUT2D eigenvalue weighted by atomic mass is 79.9. The molecule has 7 aliphatic heterocycles. The van der Waals surface area contributed by atoms with E-state index in [0.717, 1.165) is 155 Å². The number of ether oxygens (including phenoxy) is 4. The lowest BCUT2D eigenvalue weighted by atomic mass is 9.88. The molecule has 7 heterocycles. The fourth-order valence-corrected chi connectivity index (χ4v) is 20.5. The number of halogens is 1. The van der Waals surface area contributed by atoms with Crippen molar-refractivity contribution in [3.8, 4) is 35.5 Å². The van der Waals surface area contributed by atoms with Gasteiger partial charge in [-0.15, -0.1) is 0 Å². The Labute approximate surface area is 867 Å². The van der Waals surface area contributed by atoms with Gasteiger partial charge >= 0.3 is 17.9 Å². The molecule has 3 fully saturated rings. The lowest BCUT2D eigenvalue weighted by molar-refractivity contribution is -0.171. The van der Waals surface area contributed by atoms with Crippen LogP contribution in [0.15, 0.2) is 241 Å². The average molecular weight is 2040 g/mol. The molecule has 0 saturated carbocycles. The summed E-state index contributed by atoms with van der Waals surface area (Å²) >= 11 is 3.43. The van der Waals surface area contributed by atoms with Crippen molar-refractivity contribution in [2.24, 2.45) is 0 Å². The van der Waals surface area contributed by atoms with Crippen LogP contribution in [0.2, 0.25) is 0 Å². The SMILES string of the molecule is C[C@@H](O)[C@@H](C(=O)NO)N1Cc2cc(N3CCC(c4ccc(C#Cc5ccccc5)cc4)CC3)ccc2C1=O.C[C@@H](O)[C@@H](C(=O)O)N1Cc2cc(N3CCC(c4ccc(C#Cc5ccccc5)cc4)CC3)ccc2C1=O.C[C@@H](OC(C)(C)C)[C@@H](C(=O)OC(C)(C)C)N1Cc2cc(Br)ccc2C1=O.C[C@@H](OC(C)(C)C)[C@@H](C(=O)OC(C)(C)C)N1Cc2cc(N3CCC(c4ccc(C#Cc5ccccc5)cc4)CC3)ccc2C1=O. The van der Waals surface area contributed by atoms with Gasteiger partial charge in [-0.2, -0.15) is 0 Å². The number of anilines is 3. The maximum Gasteiger partial charge on any atom is 0.332 e. The highest BCUT2D eigenvalue weighted by Gasteiger charge is 2.47. The fraction of sp³-hybridized carbons (Fsp3) is 0.388. The van der Waals surface area contributed by atoms with Crippen LogP contribution in [0.5, 0.6) is 0 Å². The number of carboxylic acid groups (broad SMARTS) is 1. The molecule has 5 N–H and O–H groups in total. The number of aliphatic hydroxyl groups excluding tert-OH is 2. The maximum absolute atomic E-state index is 13.6. The second kappa shape index (κ2) is 47.2. The van der Waals surface area contributed by atoms with Crippen LogP contribution in [0, 0.1) is 35.5 Å². The molecule has 10 aromatic carbocycles. The van der Waals surface area contributed by atoms with Crippen LogP contribution in [0.25, 0.3) is 0 Å². The highest BCUT2D eigenvalue weighted by Crippen LogP contribution is 2.41. The number of fused-ring (bicyclic) bond motifs is 4. The Hall–Kier alpha value is -13.7. The fourth-order valence-electron chi connectivity index (χ4n) is 20.1. The molecule has 146 heavy (non-hydrogen) atoms. The number of carbonyl (C=O) groups excluding carboxylic acids is 7. The lowest BCUT2D eigenvalue weighted by Gasteiger charge is -2.36. The molecular weight excluding hydrogens is 1900 g/mol. The Morgan fingerprint density at radius 2 is 0.596 bits per heavy atom. The van der Waals surface area contributed by atoms with Crippen molar-refractivity contribution in [2.75, 3.05) is 54.0 Å². The Kier molecular flexibility index (Phi) is 34.9. The van der Waals surface area contributed by atoms with E-state index >= 15 is 0 Å². The van der Waals surface area contributed by atoms with Gasteiger partial charge in [-0.1, -0.05) is 142 Å². The second-order valence-electron chi connectivity index (χ2n) is 42.6. The topological polar surface area (TPSA) is 289 Å². The summed E-state index contributed by atoms with van der Waals surface area (Å²) in [5.41, 5.74) is 18.3. The Morgan fingerprint density at radius 1 is 0.342 bits per heavy atom. The number of aliphatic hydroxyl groups is 2. The van der Waals surface area contributed by atoms with E-state index in [1.165, 1.54) is 40.3 Å². The zero-order chi connectivity index (χ0) is 105. The minimum absolute atomic E-state index is 0.160. The van der Waals surface area contributed by atoms with Crippen molar-refractivity contribution in [1.29, 1.82) is 0 Å². The predicted octanol–water partition coefficient (Wildman–Crippen LogP) is 19.6. The summed E-state index contributed by atoms with van der Waals surface area (Å²) in [5, 5.41) is 38.5. The monoisotopic (exact) mass is 2030 g/mol. The molecule has 8 atom stereocenters. The van der Waals surface area contributed by atoms with E-state index in [1.54, 1.807) is 33.5 Å². The van der Waals surface area contributed by atoms with Crippen LogP contribution < -0.4 is 20.2 Å². The van der Waals surface area contributed by atoms with E-state index in [-0.39, 0.29) is 36.7 Å². The summed E-state index contributed by atoms with van der Waals surface area (Å²) in [5.74, 6) is 16.9. The predicted molar refractivity (Wildman–Crippen MR) is 570 cm³/mol. The number of hydrogen-bond donors (Lipinski definition) is 5. The van der Waals surface area contributed by atoms with Gasteiger partial charge in [0.05, 0.1) is 35.6 Å². The van der Waals surface area contributed by atoms with Crippen LogP contribution in [0.4, 0.5) is 17.1 Å². The van der Waals surface area contributed by atoms with Gasteiger partial charge in [-0.05, 0) is 352 Å². The minimum Gasteiger partial charge on any atom is -0.480 e. The molecule has 762 valence electrons. The average Bonchev–Trinajstić information content (AvgIpc) is 1.63. The number of piperidine rings is 3. The normalized spacial score (nSPS) is 17.0. The van der Waals surface area contributed by atoms with Crippen molar-refractivity contribution < 1.29 is 77.8 Å². The molecule has 5 amide bonds. The summed E-state index contributed by atoms with van der Waals surface area (Å²) in [6.45, 7) is 35.7. The van der Waals surface area contributed by atoms with Gasteiger partial charge in [0.25, 0.3) is 29.5 Å². The maximum atomic E-state index is 13.6. The summed E-state index contributed by atoms with van der Waals surface area (Å²) < 4.78 is 24.5. The second-order valence-corrected chi connectivity index (χ2v) is 43.5. The van der Waals surface area contributed by atoms with E-state index in [9.17, 15) is 53.7 Å². The lowest BCUT2D eigenvalue weighted by Crippen LogP contribution is -2.52. The van der Waals surface area contributed by atoms with E-state index in [4.69, 9.17) is 24.2 Å². The van der Waals surface area contributed by atoms with Gasteiger partial charge < -0.3 is 68.6 Å². The Bertz CT molecular complexity index is 6530. The summed E-state index contributed by atoms with van der Waals surface area (Å²) in [4.78, 5) is 115. The molecule has 25 heteroatoms. The van der Waals surface area contributed by atoms with Gasteiger partial charge in [-0.3, -0.25) is 29.2 Å². The number of aliphatic carboxylic acids is 1. The van der Waals surface area contributed by atoms with Crippen LogP contribution in [0.1, 0.15) is 281 Å². The van der Waals surface area contributed by atoms with Gasteiger partial charge in [0, 0.05) is 143 Å². The minimum atomic E-state index is -1.25. The first kappa shape index (κ1) is 108. The largest absolute Gasteiger partial charge is 0.480 e. The van der Waals surface area contributed by atoms with Gasteiger partial charge in [0.15, 0.2) is 18.1 Å². The molecule has 0 spiro atoms. The zero-order valence-electron chi connectivity index (χ0n) is 86.4. The molecule has 3 saturated heterocycles. The molecule has 0 radical (unpaired) electrons. The molecule has 24 nitrogen and oxygen atoms in total. The van der Waals surface area contributed by atoms with Crippen LogP contribution in [-0.4, -0.2) is 198 Å². The quantitative estimate of drug-likeness (QED) is 0.0205. The summed E-state index contributed by atoms with van der Waals surface area (Å²) in [6, 6.07) is 74.8. The van der Waals surface area contributed by atoms with Crippen molar-refractivity contribution in [3.63, 3.8) is 0 Å². The molecule has 7 aliphatic rings. The molecule has 0 unspecified atom stereocenters. The number of carbonyl (C=O) groups is 8. The smallest absolute Gasteiger partial charge is 0.332 e. The third kappa shape index (κ3) is 27.9. The Balaban J connectivity index is 0.000000156. The highest BCUT2D eigenvalue weighted by molar-refractivity contribution is 9.10. The standard InChI is InChI=1S/C39H46N2O4.C31H31N3O4.C31H30N2O4.C20H28BrNO4/c1-27(44-38(2,3)4)35(37(43)45-39(5,6)7)41-26-32-25-33(19-20-34(32)36(41)42)40-23-21-31(22-24-40)30-17-15-29(16-18-30)14-13-28-11-9-8-10-12-28;1-21(35)29(30(36)32-38)34-20-26-19-27(13-14-28(26)31(34)37)33-17-15-25(16-18-33)24-11-9-23(10-12-24)8-7-22-5-3-2-4-6-22;1-21(34)29(31(36)37)33-20-26-19-27(13-14-28(26)30(33)35)32-17-15-25(16-18-32)24-11-9-23(10-12-24)8-7-22-5-3-2-4-6-22;1-12(25-19(2,3)4)16(18(24)26-20(5,6)7)22-11-13-10-14(21)8-9-15(13)17(22)23/h8-12,15-20,25,27,31,35H,21-24,26H2,1-7H3;2-6,9-14,19,21,25,29,35,38H,15-18,20H2,1H3,(H,32,36);2-6,9-14,19,21,25,29,34H,15-18,20H2,1H3,(H,36,37);8-10,12,16H,11H2,1-7H3/t27-,35+;2*21-,29+;12-,16+/m1111/s1. The third-order valence-corrected chi connectivity index (χ3v) is 27.4. The Morgan fingerprint density at radius 3 is 0.849 bits per heavy atom. The summed E-state index contributed by atoms with van der Waals surface area (Å²) in [7, 11) is 0. The first-order valence-electron chi connectivity index (χ1n) is 50.4. The molecular formula is C121H135BrN8O16. The number of hydroxylamine groups is 1. The number of rotatable bonds is 20. The van der Waals surface area contributed by atoms with Crippen LogP contribution in [0.3, 0.4) is 0 Å². The summed E-state index contributed by atoms with van der Waals surface area (Å²) in [6.07, 6.45) is 2.89. The van der Waals surface area contributed by atoms with E-state index in [2.05, 4.69) is 145 Å². The van der Waals surface area contributed by atoms with Gasteiger partial charge in [0.1, 0.15) is 17.2 Å². The molecule has 0 bridgehead atoms. The molecule has 0 aliphatic carbocycles. The number of esters is 2. The molecule has 10 aromatic rings. The number of benzene rings is 10. The number of amides is 5. The van der Waals surface area contributed by atoms with Gasteiger partial charge in [-0.25, -0.2) is 19.9 Å². The number of nitrogens with one attached hydrogen (secondary N) is 1. The first-order chi connectivity index (χ1) is 69.4. The number of nitrogens with zero attached hydrogens (tertiary/aromatic N) is 7. The third-order valence-electron chi connectivity index (χ3n) is 26.9. The van der Waals surface area contributed by atoms with Crippen molar-refractivity contribution in [3.05, 3.63) is 336 Å². The van der Waals surface area contributed by atoms with Crippen molar-refractivity contribution in [2.45, 2.75) is 264 Å². The van der Waals surface area contributed by atoms with E-state index < -0.39 is 94.8 Å². The number of hydrogen-bond acceptors (Lipinski definition) is 18. The van der Waals surface area contributed by atoms with Crippen LogP contribution in [-0.2, 0) is 64.3 Å². The van der Waals surface area contributed by atoms with Crippen molar-refractivity contribution in [1.82, 2.24) is 25.1 Å². The molecule has 0 aromatic heterocycles. The van der Waals surface area contributed by atoms with Gasteiger partial charge in [0.2, 0.25) is 0 Å². The van der Waals surface area contributed by atoms with Crippen molar-refractivity contribution >= 4 is 80.4 Å². The zero-order valence-corrected chi connectivity index (χ0v) is 88.0. The molecule has 17 rings (SSSR count). The first-order valence-corrected chi connectivity index (χ1v) is 51.2. The van der Waals surface area contributed by atoms with E-state index in [0.29, 0.717) is 53.1 Å². The van der Waals surface area contributed by atoms with Crippen LogP contribution >= 0.6 is 15.9 Å². The van der Waals surface area contributed by atoms with E-state index in [1.807, 2.05) is 236 Å². The number of carboxylic acids is 1.